The highest BCUT2D eigenvalue weighted by Crippen LogP contribution is 2.31. The van der Waals surface area contributed by atoms with E-state index in [-0.39, 0.29) is 16.9 Å². The Bertz CT molecular complexity index is 843. The zero-order chi connectivity index (χ0) is 15.7. The highest BCUT2D eigenvalue weighted by atomic mass is 19.1. The van der Waals surface area contributed by atoms with Crippen LogP contribution in [0.1, 0.15) is 5.56 Å². The van der Waals surface area contributed by atoms with Crippen LogP contribution >= 0.6 is 0 Å². The van der Waals surface area contributed by atoms with Crippen molar-refractivity contribution >= 4 is 5.69 Å². The first-order chi connectivity index (χ1) is 10.6. The fraction of sp³-hybridized carbons (Fsp3) is 0.0667. The summed E-state index contributed by atoms with van der Waals surface area (Å²) in [6, 6.07) is 11.2. The molecular formula is C15H11FN4O2. The molecule has 110 valence electrons. The summed E-state index contributed by atoms with van der Waals surface area (Å²) in [6.45, 7) is 1.96. The minimum absolute atomic E-state index is 0.116. The van der Waals surface area contributed by atoms with Gasteiger partial charge in [-0.1, -0.05) is 29.0 Å². The average molecular weight is 298 g/mol. The van der Waals surface area contributed by atoms with Gasteiger partial charge in [0.25, 0.3) is 5.69 Å². The maximum absolute atomic E-state index is 14.0. The summed E-state index contributed by atoms with van der Waals surface area (Å²) in [4.78, 5) is 10.4. The number of hydrogen-bond acceptors (Lipinski definition) is 4. The van der Waals surface area contributed by atoms with E-state index < -0.39 is 10.7 Å². The second-order valence-corrected chi connectivity index (χ2v) is 4.77. The maximum atomic E-state index is 14.0. The van der Waals surface area contributed by atoms with Crippen molar-refractivity contribution in [3.05, 3.63) is 70.2 Å². The van der Waals surface area contributed by atoms with Crippen molar-refractivity contribution in [1.82, 2.24) is 15.0 Å². The van der Waals surface area contributed by atoms with E-state index in [2.05, 4.69) is 10.3 Å². The van der Waals surface area contributed by atoms with Crippen molar-refractivity contribution in [2.24, 2.45) is 0 Å². The molecule has 0 bridgehead atoms. The molecule has 1 heterocycles. The number of aromatic nitrogens is 3. The lowest BCUT2D eigenvalue weighted by Crippen LogP contribution is -1.95. The van der Waals surface area contributed by atoms with E-state index >= 15 is 0 Å². The quantitative estimate of drug-likeness (QED) is 0.549. The van der Waals surface area contributed by atoms with Crippen LogP contribution in [0, 0.1) is 22.9 Å². The summed E-state index contributed by atoms with van der Waals surface area (Å²) in [5, 5.41) is 18.8. The molecular weight excluding hydrogens is 287 g/mol. The molecule has 3 aromatic rings. The fourth-order valence-electron chi connectivity index (χ4n) is 2.12. The van der Waals surface area contributed by atoms with Gasteiger partial charge in [-0.2, -0.15) is 0 Å². The van der Waals surface area contributed by atoms with Crippen molar-refractivity contribution in [2.75, 3.05) is 0 Å². The molecule has 0 saturated carbocycles. The molecule has 0 spiro atoms. The molecule has 7 heteroatoms. The van der Waals surface area contributed by atoms with Gasteiger partial charge in [-0.05, 0) is 25.1 Å². The monoisotopic (exact) mass is 298 g/mol. The Morgan fingerprint density at radius 3 is 2.59 bits per heavy atom. The summed E-state index contributed by atoms with van der Waals surface area (Å²) in [7, 11) is 0. The van der Waals surface area contributed by atoms with E-state index in [0.29, 0.717) is 0 Å². The van der Waals surface area contributed by atoms with Gasteiger partial charge in [-0.25, -0.2) is 9.07 Å². The molecule has 0 aliphatic heterocycles. The fourth-order valence-corrected chi connectivity index (χ4v) is 2.12. The number of nitrogens with zero attached hydrogens (tertiary/aromatic N) is 4. The van der Waals surface area contributed by atoms with Crippen molar-refractivity contribution in [2.45, 2.75) is 6.92 Å². The van der Waals surface area contributed by atoms with Crippen molar-refractivity contribution < 1.29 is 9.31 Å². The van der Waals surface area contributed by atoms with Crippen LogP contribution in [0.15, 0.2) is 48.7 Å². The van der Waals surface area contributed by atoms with E-state index in [0.717, 1.165) is 17.3 Å². The molecule has 3 rings (SSSR count). The molecule has 0 fully saturated rings. The van der Waals surface area contributed by atoms with Gasteiger partial charge in [0.1, 0.15) is 17.1 Å². The van der Waals surface area contributed by atoms with Gasteiger partial charge in [0.2, 0.25) is 0 Å². The van der Waals surface area contributed by atoms with Crippen molar-refractivity contribution in [3.8, 4) is 16.9 Å². The van der Waals surface area contributed by atoms with E-state index in [1.54, 1.807) is 0 Å². The van der Waals surface area contributed by atoms with Crippen LogP contribution in [0.25, 0.3) is 16.9 Å². The van der Waals surface area contributed by atoms with E-state index in [1.165, 1.54) is 23.0 Å². The second-order valence-electron chi connectivity index (χ2n) is 4.77. The molecule has 0 unspecified atom stereocenters. The minimum Gasteiger partial charge on any atom is -0.258 e. The lowest BCUT2D eigenvalue weighted by atomic mass is 10.1. The Labute approximate surface area is 125 Å². The first-order valence-electron chi connectivity index (χ1n) is 6.49. The third kappa shape index (κ3) is 2.44. The zero-order valence-corrected chi connectivity index (χ0v) is 11.6. The first kappa shape index (κ1) is 13.9. The maximum Gasteiger partial charge on any atom is 0.281 e. The molecule has 0 saturated heterocycles. The summed E-state index contributed by atoms with van der Waals surface area (Å²) >= 11 is 0. The van der Waals surface area contributed by atoms with Crippen molar-refractivity contribution in [3.63, 3.8) is 0 Å². The molecule has 1 aromatic heterocycles. The van der Waals surface area contributed by atoms with E-state index in [1.807, 2.05) is 31.2 Å². The van der Waals surface area contributed by atoms with Crippen LogP contribution in [-0.4, -0.2) is 19.9 Å². The third-order valence-corrected chi connectivity index (χ3v) is 3.24. The summed E-state index contributed by atoms with van der Waals surface area (Å²) in [6.07, 6.45) is 1.47. The van der Waals surface area contributed by atoms with E-state index in [9.17, 15) is 14.5 Å². The Hall–Kier alpha value is -3.09. The molecule has 0 amide bonds. The van der Waals surface area contributed by atoms with E-state index in [4.69, 9.17) is 0 Å². The number of nitro benzene ring substituents is 1. The van der Waals surface area contributed by atoms with Crippen LogP contribution < -0.4 is 0 Å². The molecule has 0 aliphatic carbocycles. The lowest BCUT2D eigenvalue weighted by molar-refractivity contribution is -0.384. The minimum atomic E-state index is -0.704. The average Bonchev–Trinajstić information content (AvgIpc) is 2.97. The van der Waals surface area contributed by atoms with Crippen LogP contribution in [0.4, 0.5) is 10.1 Å². The first-order valence-corrected chi connectivity index (χ1v) is 6.49. The second kappa shape index (κ2) is 5.36. The lowest BCUT2D eigenvalue weighted by Gasteiger charge is -2.01. The van der Waals surface area contributed by atoms with Gasteiger partial charge in [0.15, 0.2) is 0 Å². The Kier molecular flexibility index (Phi) is 3.38. The van der Waals surface area contributed by atoms with Gasteiger partial charge in [-0.15, -0.1) is 5.10 Å². The predicted molar refractivity (Wildman–Crippen MR) is 78.1 cm³/mol. The number of halogens is 1. The molecule has 0 N–H and O–H groups in total. The topological polar surface area (TPSA) is 73.8 Å². The summed E-state index contributed by atoms with van der Waals surface area (Å²) < 4.78 is 15.4. The molecule has 22 heavy (non-hydrogen) atoms. The largest absolute Gasteiger partial charge is 0.281 e. The molecule has 0 aliphatic rings. The summed E-state index contributed by atoms with van der Waals surface area (Å²) in [5.74, 6) is -0.704. The number of aryl methyl sites for hydroxylation is 1. The van der Waals surface area contributed by atoms with Crippen LogP contribution in [-0.2, 0) is 0 Å². The SMILES string of the molecule is Cc1ccc(-n2cc(-c3c(F)cccc3[N+](=O)[O-])nn2)cc1. The predicted octanol–water partition coefficient (Wildman–Crippen LogP) is 3.29. The zero-order valence-electron chi connectivity index (χ0n) is 11.6. The van der Waals surface area contributed by atoms with Crippen LogP contribution in [0.5, 0.6) is 0 Å². The van der Waals surface area contributed by atoms with Gasteiger partial charge in [0.05, 0.1) is 16.8 Å². The van der Waals surface area contributed by atoms with Gasteiger partial charge in [-0.3, -0.25) is 10.1 Å². The normalized spacial score (nSPS) is 10.6. The standard InChI is InChI=1S/C15H11FN4O2/c1-10-5-7-11(8-6-10)19-9-13(17-18-19)15-12(16)3-2-4-14(15)20(21)22/h2-9H,1H3. The molecule has 0 atom stereocenters. The highest BCUT2D eigenvalue weighted by molar-refractivity contribution is 5.70. The molecule has 0 radical (unpaired) electrons. The highest BCUT2D eigenvalue weighted by Gasteiger charge is 2.22. The molecule has 6 nitrogen and oxygen atoms in total. The number of hydrogen-bond donors (Lipinski definition) is 0. The number of rotatable bonds is 3. The van der Waals surface area contributed by atoms with Crippen LogP contribution in [0.2, 0.25) is 0 Å². The number of nitro groups is 1. The smallest absolute Gasteiger partial charge is 0.258 e. The van der Waals surface area contributed by atoms with Gasteiger partial charge in [0, 0.05) is 6.07 Å². The van der Waals surface area contributed by atoms with Gasteiger partial charge >= 0.3 is 0 Å². The Morgan fingerprint density at radius 2 is 1.91 bits per heavy atom. The van der Waals surface area contributed by atoms with Crippen LogP contribution in [0.3, 0.4) is 0 Å². The Balaban J connectivity index is 2.08. The van der Waals surface area contributed by atoms with Gasteiger partial charge < -0.3 is 0 Å². The number of benzene rings is 2. The van der Waals surface area contributed by atoms with Crippen molar-refractivity contribution in [1.29, 1.82) is 0 Å². The molecule has 2 aromatic carbocycles. The Morgan fingerprint density at radius 1 is 1.18 bits per heavy atom. The third-order valence-electron chi connectivity index (χ3n) is 3.24. The summed E-state index contributed by atoms with van der Waals surface area (Å²) in [5.41, 5.74) is 1.45.